The molecule has 0 aliphatic heterocycles. The summed E-state index contributed by atoms with van der Waals surface area (Å²) < 4.78 is 2.23. The molecule has 1 aromatic rings. The number of hydrogen-bond donors (Lipinski definition) is 2. The lowest BCUT2D eigenvalue weighted by molar-refractivity contribution is 0.281. The molecule has 1 rings (SSSR count). The van der Waals surface area contributed by atoms with Crippen LogP contribution in [0.2, 0.25) is 0 Å². The summed E-state index contributed by atoms with van der Waals surface area (Å²) in [6, 6.07) is 0.314. The van der Waals surface area contributed by atoms with Gasteiger partial charge in [-0.1, -0.05) is 13.8 Å². The largest absolute Gasteiger partial charge is 0.396 e. The molecule has 0 radical (unpaired) electrons. The van der Waals surface area contributed by atoms with Crippen molar-refractivity contribution in [3.05, 3.63) is 17.7 Å². The molecule has 0 amide bonds. The summed E-state index contributed by atoms with van der Waals surface area (Å²) in [6.07, 6.45) is 6.13. The minimum Gasteiger partial charge on any atom is -0.396 e. The Morgan fingerprint density at radius 1 is 1.39 bits per heavy atom. The highest BCUT2D eigenvalue weighted by molar-refractivity contribution is 5.08. The van der Waals surface area contributed by atoms with Crippen molar-refractivity contribution in [1.29, 1.82) is 0 Å². The van der Waals surface area contributed by atoms with E-state index < -0.39 is 0 Å². The lowest BCUT2D eigenvalue weighted by atomic mass is 10.2. The summed E-state index contributed by atoms with van der Waals surface area (Å²) in [7, 11) is 0. The summed E-state index contributed by atoms with van der Waals surface area (Å²) >= 11 is 0. The molecule has 0 spiro atoms. The first kappa shape index (κ1) is 15.2. The van der Waals surface area contributed by atoms with Gasteiger partial charge in [0, 0.05) is 31.8 Å². The molecule has 1 unspecified atom stereocenters. The molecule has 0 saturated heterocycles. The zero-order valence-corrected chi connectivity index (χ0v) is 11.9. The molecule has 0 aliphatic carbocycles. The predicted octanol–water partition coefficient (Wildman–Crippen LogP) is 2.28. The van der Waals surface area contributed by atoms with Gasteiger partial charge >= 0.3 is 0 Å². The van der Waals surface area contributed by atoms with E-state index in [1.165, 1.54) is 0 Å². The summed E-state index contributed by atoms with van der Waals surface area (Å²) in [5.74, 6) is 1.15. The van der Waals surface area contributed by atoms with Crippen LogP contribution in [0.4, 0.5) is 0 Å². The topological polar surface area (TPSA) is 50.1 Å². The van der Waals surface area contributed by atoms with Crippen LogP contribution in [-0.4, -0.2) is 27.8 Å². The van der Waals surface area contributed by atoms with Crippen LogP contribution in [0.5, 0.6) is 0 Å². The zero-order valence-electron chi connectivity index (χ0n) is 11.9. The smallest absolute Gasteiger partial charge is 0.108 e. The fraction of sp³-hybridized carbons (Fsp3) is 0.786. The molecule has 4 nitrogen and oxygen atoms in total. The van der Waals surface area contributed by atoms with Crippen molar-refractivity contribution in [3.8, 4) is 0 Å². The van der Waals surface area contributed by atoms with Crippen LogP contribution in [0, 0.1) is 0 Å². The zero-order chi connectivity index (χ0) is 13.4. The maximum Gasteiger partial charge on any atom is 0.108 e. The van der Waals surface area contributed by atoms with Gasteiger partial charge in [0.2, 0.25) is 0 Å². The standard InChI is InChI=1S/C14H27N3O/c1-4-8-15-12(3)13-11-17(9-6-7-10-18)14(5-2)16-13/h11-12,15,18H,4-10H2,1-3H3. The van der Waals surface area contributed by atoms with Crippen LogP contribution in [-0.2, 0) is 13.0 Å². The van der Waals surface area contributed by atoms with Crippen molar-refractivity contribution in [2.24, 2.45) is 0 Å². The first-order chi connectivity index (χ1) is 8.72. The molecule has 0 saturated carbocycles. The van der Waals surface area contributed by atoms with Gasteiger partial charge in [0.05, 0.1) is 5.69 Å². The predicted molar refractivity (Wildman–Crippen MR) is 74.6 cm³/mol. The molecule has 1 aromatic heterocycles. The summed E-state index contributed by atoms with van der Waals surface area (Å²) in [6.45, 7) is 8.73. The van der Waals surface area contributed by atoms with Crippen LogP contribution in [0.25, 0.3) is 0 Å². The summed E-state index contributed by atoms with van der Waals surface area (Å²) in [5, 5.41) is 12.3. The molecular weight excluding hydrogens is 226 g/mol. The number of imidazole rings is 1. The first-order valence-electron chi connectivity index (χ1n) is 7.13. The Kier molecular flexibility index (Phi) is 6.98. The SMILES string of the molecule is CCCNC(C)c1cn(CCCCO)c(CC)n1. The van der Waals surface area contributed by atoms with E-state index in [0.717, 1.165) is 50.3 Å². The number of aryl methyl sites for hydroxylation is 2. The van der Waals surface area contributed by atoms with E-state index in [2.05, 4.69) is 36.9 Å². The Morgan fingerprint density at radius 3 is 2.78 bits per heavy atom. The minimum absolute atomic E-state index is 0.275. The van der Waals surface area contributed by atoms with Gasteiger partial charge < -0.3 is 15.0 Å². The molecule has 0 fully saturated rings. The molecule has 1 heterocycles. The number of aliphatic hydroxyl groups excluding tert-OH is 1. The maximum absolute atomic E-state index is 8.83. The number of hydrogen-bond acceptors (Lipinski definition) is 3. The van der Waals surface area contributed by atoms with E-state index in [1.54, 1.807) is 0 Å². The molecule has 104 valence electrons. The molecule has 0 aromatic carbocycles. The van der Waals surface area contributed by atoms with E-state index in [-0.39, 0.29) is 6.61 Å². The van der Waals surface area contributed by atoms with E-state index >= 15 is 0 Å². The molecule has 18 heavy (non-hydrogen) atoms. The molecule has 0 bridgehead atoms. The Hall–Kier alpha value is -0.870. The Balaban J connectivity index is 2.64. The quantitative estimate of drug-likeness (QED) is 0.664. The van der Waals surface area contributed by atoms with E-state index in [0.29, 0.717) is 6.04 Å². The summed E-state index contributed by atoms with van der Waals surface area (Å²) in [4.78, 5) is 4.70. The molecule has 4 heteroatoms. The maximum atomic E-state index is 8.83. The van der Waals surface area contributed by atoms with Crippen molar-refractivity contribution in [2.75, 3.05) is 13.2 Å². The number of aliphatic hydroxyl groups is 1. The third-order valence-electron chi connectivity index (χ3n) is 3.15. The highest BCUT2D eigenvalue weighted by Crippen LogP contribution is 2.13. The average molecular weight is 253 g/mol. The third-order valence-corrected chi connectivity index (χ3v) is 3.15. The van der Waals surface area contributed by atoms with Gasteiger partial charge in [-0.15, -0.1) is 0 Å². The van der Waals surface area contributed by atoms with Crippen LogP contribution >= 0.6 is 0 Å². The number of aromatic nitrogens is 2. The lowest BCUT2D eigenvalue weighted by Crippen LogP contribution is -2.19. The fourth-order valence-electron chi connectivity index (χ4n) is 2.02. The van der Waals surface area contributed by atoms with Gasteiger partial charge in [-0.25, -0.2) is 4.98 Å². The van der Waals surface area contributed by atoms with Crippen molar-refractivity contribution in [1.82, 2.24) is 14.9 Å². The van der Waals surface area contributed by atoms with Gasteiger partial charge in [-0.05, 0) is 32.7 Å². The third kappa shape index (κ3) is 4.42. The van der Waals surface area contributed by atoms with Crippen molar-refractivity contribution < 1.29 is 5.11 Å². The van der Waals surface area contributed by atoms with Crippen LogP contribution in [0.1, 0.15) is 57.6 Å². The monoisotopic (exact) mass is 253 g/mol. The molecule has 0 aliphatic rings. The van der Waals surface area contributed by atoms with Crippen molar-refractivity contribution >= 4 is 0 Å². The van der Waals surface area contributed by atoms with Gasteiger partial charge in [0.25, 0.3) is 0 Å². The molecule has 1 atom stereocenters. The normalized spacial score (nSPS) is 12.9. The second-order valence-corrected chi connectivity index (χ2v) is 4.74. The first-order valence-corrected chi connectivity index (χ1v) is 7.13. The minimum atomic E-state index is 0.275. The number of nitrogens with zero attached hydrogens (tertiary/aromatic N) is 2. The lowest BCUT2D eigenvalue weighted by Gasteiger charge is -2.09. The highest BCUT2D eigenvalue weighted by Gasteiger charge is 2.11. The second-order valence-electron chi connectivity index (χ2n) is 4.74. The number of nitrogens with one attached hydrogen (secondary N) is 1. The van der Waals surface area contributed by atoms with Crippen molar-refractivity contribution in [3.63, 3.8) is 0 Å². The van der Waals surface area contributed by atoms with Crippen molar-refractivity contribution in [2.45, 2.75) is 59.0 Å². The van der Waals surface area contributed by atoms with Gasteiger partial charge in [-0.3, -0.25) is 0 Å². The van der Waals surface area contributed by atoms with E-state index in [4.69, 9.17) is 10.1 Å². The van der Waals surface area contributed by atoms with Crippen LogP contribution in [0.3, 0.4) is 0 Å². The fourth-order valence-corrected chi connectivity index (χ4v) is 2.02. The van der Waals surface area contributed by atoms with E-state index in [9.17, 15) is 0 Å². The highest BCUT2D eigenvalue weighted by atomic mass is 16.2. The Labute approximate surface area is 110 Å². The number of unbranched alkanes of at least 4 members (excludes halogenated alkanes) is 1. The van der Waals surface area contributed by atoms with Gasteiger partial charge in [-0.2, -0.15) is 0 Å². The van der Waals surface area contributed by atoms with Crippen LogP contribution in [0.15, 0.2) is 6.20 Å². The number of rotatable bonds is 9. The van der Waals surface area contributed by atoms with Crippen LogP contribution < -0.4 is 5.32 Å². The Bertz CT molecular complexity index is 336. The summed E-state index contributed by atoms with van der Waals surface area (Å²) in [5.41, 5.74) is 1.13. The Morgan fingerprint density at radius 2 is 2.17 bits per heavy atom. The van der Waals surface area contributed by atoms with Gasteiger partial charge in [0.1, 0.15) is 5.82 Å². The molecular formula is C14H27N3O. The van der Waals surface area contributed by atoms with E-state index in [1.807, 2.05) is 0 Å². The second kappa shape index (κ2) is 8.27. The van der Waals surface area contributed by atoms with Gasteiger partial charge in [0.15, 0.2) is 0 Å². The average Bonchev–Trinajstić information content (AvgIpc) is 2.79. The molecule has 2 N–H and O–H groups in total.